The van der Waals surface area contributed by atoms with Gasteiger partial charge in [0.25, 0.3) is 0 Å². The number of anilines is 1. The summed E-state index contributed by atoms with van der Waals surface area (Å²) < 4.78 is 0. The van der Waals surface area contributed by atoms with Crippen LogP contribution in [0, 0.1) is 6.92 Å². The monoisotopic (exact) mass is 175 g/mol. The van der Waals surface area contributed by atoms with Crippen LogP contribution in [0.15, 0.2) is 30.5 Å². The Hall–Kier alpha value is -1.24. The number of nitrogens with one attached hydrogen (secondary N) is 1. The SMILES string of the molecule is C=C(C)Nc1cccc(C)c1CC. The van der Waals surface area contributed by atoms with E-state index in [1.165, 1.54) is 16.8 Å². The predicted molar refractivity (Wildman–Crippen MR) is 59.0 cm³/mol. The Bertz CT molecular complexity index is 313. The fraction of sp³-hybridized carbons (Fsp3) is 0.333. The highest BCUT2D eigenvalue weighted by atomic mass is 14.9. The first-order valence-electron chi connectivity index (χ1n) is 4.66. The molecule has 0 aromatic heterocycles. The molecular formula is C12H17N. The van der Waals surface area contributed by atoms with Crippen molar-refractivity contribution >= 4 is 5.69 Å². The Balaban J connectivity index is 3.05. The van der Waals surface area contributed by atoms with E-state index in [0.29, 0.717) is 0 Å². The smallest absolute Gasteiger partial charge is 0.0416 e. The fourth-order valence-electron chi connectivity index (χ4n) is 1.52. The minimum atomic E-state index is 0.986. The van der Waals surface area contributed by atoms with Crippen LogP contribution >= 0.6 is 0 Å². The molecule has 0 radical (unpaired) electrons. The summed E-state index contributed by atoms with van der Waals surface area (Å²) in [7, 11) is 0. The summed E-state index contributed by atoms with van der Waals surface area (Å²) >= 11 is 0. The summed E-state index contributed by atoms with van der Waals surface area (Å²) in [6.45, 7) is 10.1. The molecule has 0 aliphatic rings. The quantitative estimate of drug-likeness (QED) is 0.741. The lowest BCUT2D eigenvalue weighted by atomic mass is 10.0. The molecular weight excluding hydrogens is 158 g/mol. The van der Waals surface area contributed by atoms with Crippen LogP contribution in [0.2, 0.25) is 0 Å². The zero-order valence-corrected chi connectivity index (χ0v) is 8.65. The van der Waals surface area contributed by atoms with E-state index in [1.807, 2.05) is 6.92 Å². The number of hydrogen-bond acceptors (Lipinski definition) is 1. The van der Waals surface area contributed by atoms with Crippen molar-refractivity contribution in [1.82, 2.24) is 0 Å². The molecule has 0 aliphatic carbocycles. The molecule has 0 unspecified atom stereocenters. The van der Waals surface area contributed by atoms with Gasteiger partial charge in [-0.1, -0.05) is 25.6 Å². The van der Waals surface area contributed by atoms with E-state index in [-0.39, 0.29) is 0 Å². The lowest BCUT2D eigenvalue weighted by Crippen LogP contribution is -1.99. The third-order valence-electron chi connectivity index (χ3n) is 2.11. The highest BCUT2D eigenvalue weighted by Gasteiger charge is 2.01. The van der Waals surface area contributed by atoms with Crippen molar-refractivity contribution < 1.29 is 0 Å². The van der Waals surface area contributed by atoms with E-state index in [4.69, 9.17) is 0 Å². The standard InChI is InChI=1S/C12H17N/c1-5-11-10(4)7-6-8-12(11)13-9(2)3/h6-8,13H,2,5H2,1,3-4H3. The number of allylic oxidation sites excluding steroid dienone is 1. The van der Waals surface area contributed by atoms with E-state index in [0.717, 1.165) is 12.1 Å². The van der Waals surface area contributed by atoms with Crippen molar-refractivity contribution in [1.29, 1.82) is 0 Å². The molecule has 1 N–H and O–H groups in total. The summed E-state index contributed by atoms with van der Waals surface area (Å²) in [4.78, 5) is 0. The summed E-state index contributed by atoms with van der Waals surface area (Å²) in [5.41, 5.74) is 4.90. The predicted octanol–water partition coefficient (Wildman–Crippen LogP) is 3.50. The molecule has 0 fully saturated rings. The van der Waals surface area contributed by atoms with Crippen LogP contribution in [0.1, 0.15) is 25.0 Å². The summed E-state index contributed by atoms with van der Waals surface area (Å²) in [5, 5.41) is 3.27. The Morgan fingerprint density at radius 2 is 2.15 bits per heavy atom. The maximum atomic E-state index is 3.84. The van der Waals surface area contributed by atoms with Crippen molar-refractivity contribution in [2.75, 3.05) is 5.32 Å². The van der Waals surface area contributed by atoms with Gasteiger partial charge in [0.15, 0.2) is 0 Å². The highest BCUT2D eigenvalue weighted by molar-refractivity contribution is 5.57. The zero-order chi connectivity index (χ0) is 9.84. The third-order valence-corrected chi connectivity index (χ3v) is 2.11. The fourth-order valence-corrected chi connectivity index (χ4v) is 1.52. The van der Waals surface area contributed by atoms with Gasteiger partial charge in [-0.25, -0.2) is 0 Å². The molecule has 1 aromatic rings. The molecule has 0 saturated carbocycles. The molecule has 0 heterocycles. The van der Waals surface area contributed by atoms with Gasteiger partial charge in [0.2, 0.25) is 0 Å². The largest absolute Gasteiger partial charge is 0.359 e. The molecule has 0 bridgehead atoms. The Morgan fingerprint density at radius 1 is 1.46 bits per heavy atom. The van der Waals surface area contributed by atoms with Crippen LogP contribution in [0.25, 0.3) is 0 Å². The maximum absolute atomic E-state index is 3.84. The average Bonchev–Trinajstić information content (AvgIpc) is 2.03. The molecule has 1 nitrogen and oxygen atoms in total. The zero-order valence-electron chi connectivity index (χ0n) is 8.65. The van der Waals surface area contributed by atoms with Gasteiger partial charge in [0, 0.05) is 11.4 Å². The van der Waals surface area contributed by atoms with Crippen LogP contribution in [0.3, 0.4) is 0 Å². The third kappa shape index (κ3) is 2.35. The van der Waals surface area contributed by atoms with Crippen LogP contribution < -0.4 is 5.32 Å². The maximum Gasteiger partial charge on any atom is 0.0416 e. The van der Waals surface area contributed by atoms with Gasteiger partial charge in [-0.3, -0.25) is 0 Å². The van der Waals surface area contributed by atoms with E-state index in [1.54, 1.807) is 0 Å². The van der Waals surface area contributed by atoms with Crippen LogP contribution in [-0.2, 0) is 6.42 Å². The second-order valence-corrected chi connectivity index (χ2v) is 3.36. The molecule has 1 heteroatoms. The second kappa shape index (κ2) is 4.13. The van der Waals surface area contributed by atoms with Gasteiger partial charge in [0.1, 0.15) is 0 Å². The van der Waals surface area contributed by atoms with E-state index >= 15 is 0 Å². The first-order valence-corrected chi connectivity index (χ1v) is 4.66. The van der Waals surface area contributed by atoms with Crippen molar-refractivity contribution in [3.05, 3.63) is 41.6 Å². The molecule has 0 saturated heterocycles. The van der Waals surface area contributed by atoms with Gasteiger partial charge in [-0.05, 0) is 37.5 Å². The number of rotatable bonds is 3. The normalized spacial score (nSPS) is 9.77. The summed E-state index contributed by atoms with van der Waals surface area (Å²) in [6.07, 6.45) is 1.06. The Labute approximate surface area is 80.5 Å². The lowest BCUT2D eigenvalue weighted by molar-refractivity contribution is 1.11. The molecule has 13 heavy (non-hydrogen) atoms. The minimum absolute atomic E-state index is 0.986. The molecule has 0 amide bonds. The molecule has 1 aromatic carbocycles. The summed E-state index contributed by atoms with van der Waals surface area (Å²) in [5.74, 6) is 0. The number of benzene rings is 1. The van der Waals surface area contributed by atoms with Gasteiger partial charge in [-0.2, -0.15) is 0 Å². The minimum Gasteiger partial charge on any atom is -0.359 e. The van der Waals surface area contributed by atoms with Crippen molar-refractivity contribution in [3.8, 4) is 0 Å². The molecule has 0 spiro atoms. The first kappa shape index (κ1) is 9.85. The van der Waals surface area contributed by atoms with Gasteiger partial charge < -0.3 is 5.32 Å². The van der Waals surface area contributed by atoms with Crippen LogP contribution in [0.5, 0.6) is 0 Å². The topological polar surface area (TPSA) is 12.0 Å². The first-order chi connectivity index (χ1) is 6.15. The highest BCUT2D eigenvalue weighted by Crippen LogP contribution is 2.20. The van der Waals surface area contributed by atoms with Gasteiger partial charge in [0.05, 0.1) is 0 Å². The molecule has 1 rings (SSSR count). The van der Waals surface area contributed by atoms with Gasteiger partial charge >= 0.3 is 0 Å². The molecule has 70 valence electrons. The van der Waals surface area contributed by atoms with E-state index in [2.05, 4.69) is 43.9 Å². The number of aryl methyl sites for hydroxylation is 1. The summed E-state index contributed by atoms with van der Waals surface area (Å²) in [6, 6.07) is 6.31. The van der Waals surface area contributed by atoms with Crippen molar-refractivity contribution in [3.63, 3.8) is 0 Å². The average molecular weight is 175 g/mol. The van der Waals surface area contributed by atoms with Crippen molar-refractivity contribution in [2.45, 2.75) is 27.2 Å². The van der Waals surface area contributed by atoms with E-state index in [9.17, 15) is 0 Å². The number of hydrogen-bond donors (Lipinski definition) is 1. The van der Waals surface area contributed by atoms with E-state index < -0.39 is 0 Å². The van der Waals surface area contributed by atoms with Crippen LogP contribution in [-0.4, -0.2) is 0 Å². The van der Waals surface area contributed by atoms with Gasteiger partial charge in [-0.15, -0.1) is 0 Å². The molecule has 0 aliphatic heterocycles. The molecule has 0 atom stereocenters. The Kier molecular flexibility index (Phi) is 3.13. The second-order valence-electron chi connectivity index (χ2n) is 3.36. The Morgan fingerprint density at radius 3 is 2.69 bits per heavy atom. The van der Waals surface area contributed by atoms with Crippen molar-refractivity contribution in [2.24, 2.45) is 0 Å². The lowest BCUT2D eigenvalue weighted by Gasteiger charge is -2.12. The van der Waals surface area contributed by atoms with Crippen LogP contribution in [0.4, 0.5) is 5.69 Å².